The average Bonchev–Trinajstić information content (AvgIpc) is 3.20. The monoisotopic (exact) mass is 387 g/mol. The molecule has 0 aliphatic carbocycles. The summed E-state index contributed by atoms with van der Waals surface area (Å²) in [6.07, 6.45) is 0.614. The first-order valence-corrected chi connectivity index (χ1v) is 11.6. The van der Waals surface area contributed by atoms with Gasteiger partial charge in [0.2, 0.25) is 5.91 Å². The van der Waals surface area contributed by atoms with Gasteiger partial charge in [0.15, 0.2) is 9.84 Å². The highest BCUT2D eigenvalue weighted by Crippen LogP contribution is 2.22. The highest BCUT2D eigenvalue weighted by Gasteiger charge is 2.31. The molecule has 0 saturated carbocycles. The summed E-state index contributed by atoms with van der Waals surface area (Å²) in [5.41, 5.74) is 1.23. The van der Waals surface area contributed by atoms with Crippen molar-refractivity contribution in [3.05, 3.63) is 22.4 Å². The molecule has 0 aromatic carbocycles. The number of nitrogens with zero attached hydrogens (tertiary/aromatic N) is 2. The first kappa shape index (κ1) is 20.4. The van der Waals surface area contributed by atoms with Crippen LogP contribution in [0.1, 0.15) is 31.9 Å². The highest BCUT2D eigenvalue weighted by atomic mass is 32.2. The van der Waals surface area contributed by atoms with E-state index in [1.165, 1.54) is 5.56 Å². The van der Waals surface area contributed by atoms with Crippen molar-refractivity contribution in [2.45, 2.75) is 32.4 Å². The smallest absolute Gasteiger partial charge is 0.234 e. The van der Waals surface area contributed by atoms with Gasteiger partial charge in [-0.1, -0.05) is 13.8 Å². The van der Waals surface area contributed by atoms with Gasteiger partial charge in [0.1, 0.15) is 0 Å². The molecule has 1 N–H and O–H groups in total. The summed E-state index contributed by atoms with van der Waals surface area (Å²) in [4.78, 5) is 16.5. The Morgan fingerprint density at radius 3 is 2.64 bits per heavy atom. The van der Waals surface area contributed by atoms with E-state index in [2.05, 4.69) is 40.9 Å². The van der Waals surface area contributed by atoms with E-state index in [4.69, 9.17) is 0 Å². The average molecular weight is 388 g/mol. The standard InChI is InChI=1S/C17H29N3O3S2/c1-4-20(5-2)16(14-6-8-24-12-14)10-18-17(21)11-19(3)15-7-9-25(22,23)13-15/h6,8,12,15-16H,4-5,7,9-11,13H2,1-3H3,(H,18,21). The summed E-state index contributed by atoms with van der Waals surface area (Å²) >= 11 is 1.66. The SMILES string of the molecule is CCN(CC)C(CNC(=O)CN(C)C1CCS(=O)(=O)C1)c1ccsc1. The van der Waals surface area contributed by atoms with E-state index in [-0.39, 0.29) is 36.0 Å². The van der Waals surface area contributed by atoms with Crippen molar-refractivity contribution in [1.29, 1.82) is 0 Å². The quantitative estimate of drug-likeness (QED) is 0.693. The van der Waals surface area contributed by atoms with Gasteiger partial charge in [-0.05, 0) is 48.9 Å². The van der Waals surface area contributed by atoms with Crippen LogP contribution in [0.5, 0.6) is 0 Å². The van der Waals surface area contributed by atoms with E-state index in [9.17, 15) is 13.2 Å². The summed E-state index contributed by atoms with van der Waals surface area (Å²) in [7, 11) is -1.10. The molecule has 142 valence electrons. The topological polar surface area (TPSA) is 69.7 Å². The van der Waals surface area contributed by atoms with E-state index < -0.39 is 9.84 Å². The normalized spacial score (nSPS) is 20.9. The molecule has 6 nitrogen and oxygen atoms in total. The van der Waals surface area contributed by atoms with Crippen molar-refractivity contribution in [2.24, 2.45) is 0 Å². The number of thiophene rings is 1. The molecule has 0 radical (unpaired) electrons. The maximum Gasteiger partial charge on any atom is 0.234 e. The number of rotatable bonds is 9. The zero-order chi connectivity index (χ0) is 18.4. The minimum absolute atomic E-state index is 0.0498. The van der Waals surface area contributed by atoms with Crippen molar-refractivity contribution in [3.8, 4) is 0 Å². The predicted molar refractivity (Wildman–Crippen MR) is 103 cm³/mol. The summed E-state index contributed by atoms with van der Waals surface area (Å²) in [5.74, 6) is 0.332. The fourth-order valence-corrected chi connectivity index (χ4v) is 5.84. The van der Waals surface area contributed by atoms with Gasteiger partial charge in [0.25, 0.3) is 0 Å². The maximum absolute atomic E-state index is 12.3. The Morgan fingerprint density at radius 2 is 2.12 bits per heavy atom. The fraction of sp³-hybridized carbons (Fsp3) is 0.706. The van der Waals surface area contributed by atoms with Gasteiger partial charge in [-0.3, -0.25) is 14.6 Å². The van der Waals surface area contributed by atoms with E-state index in [0.29, 0.717) is 13.0 Å². The molecule has 2 rings (SSSR count). The van der Waals surface area contributed by atoms with Gasteiger partial charge in [0, 0.05) is 12.6 Å². The summed E-state index contributed by atoms with van der Waals surface area (Å²) in [5, 5.41) is 7.22. The molecular formula is C17H29N3O3S2. The molecule has 8 heteroatoms. The second-order valence-electron chi connectivity index (χ2n) is 6.57. The number of sulfone groups is 1. The lowest BCUT2D eigenvalue weighted by atomic mass is 10.1. The third-order valence-corrected chi connectivity index (χ3v) is 7.35. The van der Waals surface area contributed by atoms with Crippen LogP contribution >= 0.6 is 11.3 Å². The molecule has 25 heavy (non-hydrogen) atoms. The van der Waals surface area contributed by atoms with Crippen LogP contribution < -0.4 is 5.32 Å². The van der Waals surface area contributed by atoms with Crippen molar-refractivity contribution in [2.75, 3.05) is 44.7 Å². The minimum atomic E-state index is -2.93. The molecule has 1 aromatic heterocycles. The first-order valence-electron chi connectivity index (χ1n) is 8.79. The molecule has 1 aliphatic heterocycles. The van der Waals surface area contributed by atoms with Crippen LogP contribution in [-0.2, 0) is 14.6 Å². The highest BCUT2D eigenvalue weighted by molar-refractivity contribution is 7.91. The zero-order valence-corrected chi connectivity index (χ0v) is 16.9. The number of nitrogens with one attached hydrogen (secondary N) is 1. The van der Waals surface area contributed by atoms with Crippen LogP contribution in [0.4, 0.5) is 0 Å². The van der Waals surface area contributed by atoms with Gasteiger partial charge < -0.3 is 5.32 Å². The van der Waals surface area contributed by atoms with E-state index in [1.807, 2.05) is 11.9 Å². The summed E-state index contributed by atoms with van der Waals surface area (Å²) in [6, 6.07) is 2.23. The Morgan fingerprint density at radius 1 is 1.40 bits per heavy atom. The van der Waals surface area contributed by atoms with Crippen LogP contribution in [0.3, 0.4) is 0 Å². The molecule has 2 atom stereocenters. The molecule has 1 saturated heterocycles. The number of carbonyl (C=O) groups is 1. The lowest BCUT2D eigenvalue weighted by molar-refractivity contribution is -0.122. The Bertz CT molecular complexity index is 642. The molecular weight excluding hydrogens is 358 g/mol. The van der Waals surface area contributed by atoms with Gasteiger partial charge in [0.05, 0.1) is 24.1 Å². The third kappa shape index (κ3) is 5.77. The first-order chi connectivity index (χ1) is 11.9. The number of amides is 1. The largest absolute Gasteiger partial charge is 0.353 e. The Labute approximate surface area is 155 Å². The van der Waals surface area contributed by atoms with Gasteiger partial charge in [-0.2, -0.15) is 11.3 Å². The lowest BCUT2D eigenvalue weighted by Gasteiger charge is -2.30. The number of carbonyl (C=O) groups excluding carboxylic acids is 1. The lowest BCUT2D eigenvalue weighted by Crippen LogP contribution is -2.44. The second-order valence-corrected chi connectivity index (χ2v) is 9.58. The van der Waals surface area contributed by atoms with Crippen LogP contribution in [-0.4, -0.2) is 74.9 Å². The van der Waals surface area contributed by atoms with Crippen molar-refractivity contribution >= 4 is 27.1 Å². The molecule has 1 fully saturated rings. The molecule has 1 aliphatic rings. The molecule has 0 bridgehead atoms. The molecule has 2 heterocycles. The zero-order valence-electron chi connectivity index (χ0n) is 15.3. The third-order valence-electron chi connectivity index (χ3n) is 4.90. The van der Waals surface area contributed by atoms with Crippen LogP contribution in [0, 0.1) is 0 Å². The fourth-order valence-electron chi connectivity index (χ4n) is 3.33. The number of hydrogen-bond donors (Lipinski definition) is 1. The molecule has 1 amide bonds. The summed E-state index contributed by atoms with van der Waals surface area (Å²) < 4.78 is 23.2. The van der Waals surface area contributed by atoms with Crippen LogP contribution in [0.25, 0.3) is 0 Å². The predicted octanol–water partition coefficient (Wildman–Crippen LogP) is 1.37. The van der Waals surface area contributed by atoms with Crippen molar-refractivity contribution < 1.29 is 13.2 Å². The van der Waals surface area contributed by atoms with Crippen molar-refractivity contribution in [1.82, 2.24) is 15.1 Å². The number of hydrogen-bond acceptors (Lipinski definition) is 6. The molecule has 1 aromatic rings. The number of likely N-dealkylation sites (N-methyl/N-ethyl adjacent to an activating group) is 2. The maximum atomic E-state index is 12.3. The van der Waals surface area contributed by atoms with Crippen LogP contribution in [0.2, 0.25) is 0 Å². The minimum Gasteiger partial charge on any atom is -0.353 e. The van der Waals surface area contributed by atoms with Gasteiger partial charge in [-0.15, -0.1) is 0 Å². The molecule has 2 unspecified atom stereocenters. The molecule has 0 spiro atoms. The Balaban J connectivity index is 1.88. The van der Waals surface area contributed by atoms with Gasteiger partial charge in [-0.25, -0.2) is 8.42 Å². The Kier molecular flexibility index (Phi) is 7.42. The van der Waals surface area contributed by atoms with Crippen LogP contribution in [0.15, 0.2) is 16.8 Å². The van der Waals surface area contributed by atoms with Gasteiger partial charge >= 0.3 is 0 Å². The second kappa shape index (κ2) is 9.12. The Hall–Kier alpha value is -0.960. The summed E-state index contributed by atoms with van der Waals surface area (Å²) in [6.45, 7) is 6.89. The van der Waals surface area contributed by atoms with Crippen molar-refractivity contribution in [3.63, 3.8) is 0 Å². The van der Waals surface area contributed by atoms with E-state index >= 15 is 0 Å². The van der Waals surface area contributed by atoms with E-state index in [0.717, 1.165) is 13.1 Å². The van der Waals surface area contributed by atoms with E-state index in [1.54, 1.807) is 11.3 Å².